The predicted molar refractivity (Wildman–Crippen MR) is 75.8 cm³/mol. The van der Waals surface area contributed by atoms with E-state index in [0.717, 1.165) is 34.3 Å². The van der Waals surface area contributed by atoms with E-state index in [0.29, 0.717) is 0 Å². The molecule has 21 heavy (non-hydrogen) atoms. The van der Waals surface area contributed by atoms with Crippen molar-refractivity contribution in [3.05, 3.63) is 63.1 Å². The number of hydrogen-bond acceptors (Lipinski definition) is 2. The molecule has 6 heteroatoms. The van der Waals surface area contributed by atoms with Crippen molar-refractivity contribution in [2.45, 2.75) is 13.3 Å². The maximum atomic E-state index is 13.3. The normalized spacial score (nSPS) is 12.3. The monoisotopic (exact) mass is 634 g/mol. The molecule has 0 fully saturated rings. The minimum Gasteiger partial charge on any atom is -0.663 e. The molecule has 0 spiro atoms. The molecule has 0 bridgehead atoms. The molecular weight excluding hydrogens is 616 g/mol. The smallest absolute Gasteiger partial charge is 0.123 e. The number of rotatable bonds is 2. The summed E-state index contributed by atoms with van der Waals surface area (Å²) in [5.74, 6) is 0.473. The Balaban J connectivity index is 0. The fraction of sp³-hybridized carbons (Fsp3) is 0.133. The van der Waals surface area contributed by atoms with Crippen LogP contribution in [0.3, 0.4) is 0 Å². The van der Waals surface area contributed by atoms with Crippen molar-refractivity contribution < 1.29 is 50.0 Å². The van der Waals surface area contributed by atoms with E-state index in [1.165, 1.54) is 18.9 Å². The molecule has 0 atom stereocenters. The molecule has 2 aromatic rings. The molecule has 1 aromatic carbocycles. The SMILES string of the molecule is CCC1=C(c2c[n-]c3ccc(F)cc23)O[CH-]N1.[CH3-].[CH3-].[Re].[Re]. The maximum absolute atomic E-state index is 13.3. The quantitative estimate of drug-likeness (QED) is 0.514. The summed E-state index contributed by atoms with van der Waals surface area (Å²) in [6, 6.07) is 4.57. The van der Waals surface area contributed by atoms with Crippen LogP contribution < -0.4 is 10.3 Å². The molecule has 2 radical (unpaired) electrons. The average molecular weight is 633 g/mol. The third-order valence-corrected chi connectivity index (χ3v) is 2.86. The van der Waals surface area contributed by atoms with Crippen LogP contribution >= 0.6 is 0 Å². The van der Waals surface area contributed by atoms with Crippen LogP contribution in [-0.4, -0.2) is 0 Å². The van der Waals surface area contributed by atoms with E-state index in [1.807, 2.05) is 6.92 Å². The summed E-state index contributed by atoms with van der Waals surface area (Å²) < 4.78 is 18.7. The van der Waals surface area contributed by atoms with Crippen LogP contribution in [0.4, 0.5) is 4.39 Å². The molecule has 1 aromatic heterocycles. The van der Waals surface area contributed by atoms with Gasteiger partial charge in [0.1, 0.15) is 11.6 Å². The summed E-state index contributed by atoms with van der Waals surface area (Å²) in [7, 11) is 0. The van der Waals surface area contributed by atoms with Gasteiger partial charge < -0.3 is 29.9 Å². The minimum atomic E-state index is -0.264. The Morgan fingerprint density at radius 2 is 2.00 bits per heavy atom. The topological polar surface area (TPSA) is 35.4 Å². The zero-order valence-electron chi connectivity index (χ0n) is 12.1. The number of hydrogen-bond donors (Lipinski definition) is 1. The van der Waals surface area contributed by atoms with E-state index < -0.39 is 0 Å². The molecule has 0 amide bonds. The third-order valence-electron chi connectivity index (χ3n) is 2.86. The second-order valence-electron chi connectivity index (χ2n) is 3.87. The van der Waals surface area contributed by atoms with Gasteiger partial charge in [0.15, 0.2) is 0 Å². The first-order chi connectivity index (χ1) is 8.29. The first-order valence-electron chi connectivity index (χ1n) is 5.49. The van der Waals surface area contributed by atoms with Gasteiger partial charge in [-0.25, -0.2) is 4.39 Å². The van der Waals surface area contributed by atoms with Gasteiger partial charge >= 0.3 is 0 Å². The first-order valence-corrected chi connectivity index (χ1v) is 5.49. The summed E-state index contributed by atoms with van der Waals surface area (Å²) >= 11 is 0. The molecule has 1 aliphatic rings. The number of nitrogens with zero attached hydrogens (tertiary/aromatic N) is 1. The number of benzene rings is 1. The zero-order valence-corrected chi connectivity index (χ0v) is 17.5. The predicted octanol–water partition coefficient (Wildman–Crippen LogP) is 3.65. The van der Waals surface area contributed by atoms with Crippen molar-refractivity contribution in [2.75, 3.05) is 0 Å². The summed E-state index contributed by atoms with van der Waals surface area (Å²) in [6.45, 7) is 3.57. The summed E-state index contributed by atoms with van der Waals surface area (Å²) in [5.41, 5.74) is 2.60. The third kappa shape index (κ3) is 4.18. The second-order valence-corrected chi connectivity index (χ2v) is 3.87. The van der Waals surface area contributed by atoms with Crippen LogP contribution in [-0.2, 0) is 45.6 Å². The Hall–Kier alpha value is -0.645. The molecule has 0 unspecified atom stereocenters. The number of halogens is 1. The van der Waals surface area contributed by atoms with Crippen molar-refractivity contribution >= 4 is 16.7 Å². The van der Waals surface area contributed by atoms with Gasteiger partial charge in [0.25, 0.3) is 0 Å². The molecule has 2 heterocycles. The summed E-state index contributed by atoms with van der Waals surface area (Å²) in [4.78, 5) is 4.25. The Labute approximate surface area is 153 Å². The molecule has 0 saturated heterocycles. The Morgan fingerprint density at radius 1 is 1.29 bits per heavy atom. The molecular formula is C15H17FN2ORe2-4. The molecule has 1 N–H and O–H groups in total. The van der Waals surface area contributed by atoms with E-state index >= 15 is 0 Å². The largest absolute Gasteiger partial charge is 0.663 e. The van der Waals surface area contributed by atoms with Gasteiger partial charge in [-0.2, -0.15) is 6.20 Å². The summed E-state index contributed by atoms with van der Waals surface area (Å²) in [5, 5.41) is 3.82. The average Bonchev–Trinajstić information content (AvgIpc) is 2.93. The Bertz CT molecular complexity index is 611. The fourth-order valence-corrected chi connectivity index (χ4v) is 2.01. The molecule has 0 aliphatic carbocycles. The van der Waals surface area contributed by atoms with E-state index in [2.05, 4.69) is 10.3 Å². The molecule has 3 rings (SSSR count). The van der Waals surface area contributed by atoms with Crippen LogP contribution in [0.2, 0.25) is 0 Å². The van der Waals surface area contributed by atoms with E-state index in [9.17, 15) is 4.39 Å². The molecule has 0 saturated carbocycles. The van der Waals surface area contributed by atoms with E-state index in [-0.39, 0.29) is 61.5 Å². The zero-order chi connectivity index (χ0) is 11.8. The maximum Gasteiger partial charge on any atom is 0.123 e. The van der Waals surface area contributed by atoms with Crippen LogP contribution in [0, 0.1) is 27.4 Å². The molecule has 118 valence electrons. The van der Waals surface area contributed by atoms with Gasteiger partial charge in [-0.3, -0.25) is 0 Å². The van der Waals surface area contributed by atoms with Crippen LogP contribution in [0.1, 0.15) is 18.9 Å². The van der Waals surface area contributed by atoms with Crippen LogP contribution in [0.5, 0.6) is 0 Å². The molecule has 3 nitrogen and oxygen atoms in total. The van der Waals surface area contributed by atoms with Gasteiger partial charge in [0.05, 0.1) is 0 Å². The number of fused-ring (bicyclic) bond motifs is 1. The minimum absolute atomic E-state index is 0. The standard InChI is InChI=1S/C13H11FN2O.2CH3.2Re/c1-2-11-13(17-7-16-11)10-6-15-12-4-3-8(14)5-9(10)12;;;;/h3-7,16H,2H2,1H3;2*1H3;;/q-2;2*-1;;. The number of allylic oxidation sites excluding steroid dienone is 1. The Kier molecular flexibility index (Phi) is 10.1. The van der Waals surface area contributed by atoms with Gasteiger partial charge in [-0.15, -0.1) is 5.52 Å². The van der Waals surface area contributed by atoms with Crippen molar-refractivity contribution in [3.8, 4) is 0 Å². The number of nitrogens with one attached hydrogen (secondary N) is 1. The van der Waals surface area contributed by atoms with Crippen LogP contribution in [0.25, 0.3) is 16.7 Å². The number of ether oxygens (including phenoxy) is 1. The van der Waals surface area contributed by atoms with Gasteiger partial charge in [0.2, 0.25) is 0 Å². The van der Waals surface area contributed by atoms with Crippen LogP contribution in [0.15, 0.2) is 30.1 Å². The number of aromatic nitrogens is 1. The van der Waals surface area contributed by atoms with Crippen molar-refractivity contribution in [1.82, 2.24) is 10.3 Å². The summed E-state index contributed by atoms with van der Waals surface area (Å²) in [6.07, 6.45) is 2.55. The van der Waals surface area contributed by atoms with Gasteiger partial charge in [0, 0.05) is 46.5 Å². The van der Waals surface area contributed by atoms with Crippen molar-refractivity contribution in [2.24, 2.45) is 0 Å². The van der Waals surface area contributed by atoms with Gasteiger partial charge in [-0.1, -0.05) is 19.7 Å². The van der Waals surface area contributed by atoms with Crippen molar-refractivity contribution in [1.29, 1.82) is 0 Å². The Morgan fingerprint density at radius 3 is 2.67 bits per heavy atom. The van der Waals surface area contributed by atoms with Crippen molar-refractivity contribution in [3.63, 3.8) is 0 Å². The first kappa shape index (κ1) is 22.6. The fourth-order valence-electron chi connectivity index (χ4n) is 2.01. The van der Waals surface area contributed by atoms with E-state index in [4.69, 9.17) is 4.74 Å². The molecule has 1 aliphatic heterocycles. The van der Waals surface area contributed by atoms with Gasteiger partial charge in [-0.05, 0) is 29.5 Å². The van der Waals surface area contributed by atoms with E-state index in [1.54, 1.807) is 12.3 Å². The second kappa shape index (κ2) is 9.39.